The van der Waals surface area contributed by atoms with E-state index in [1.807, 2.05) is 12.1 Å². The Balaban J connectivity index is 1.49. The molecule has 3 rings (SSSR count). The molecule has 0 aliphatic carbocycles. The van der Waals surface area contributed by atoms with Crippen LogP contribution in [-0.2, 0) is 19.5 Å². The Hall–Kier alpha value is -2.02. The summed E-state index contributed by atoms with van der Waals surface area (Å²) in [5.41, 5.74) is 1.30. The number of hydrogen-bond acceptors (Lipinski definition) is 3. The standard InChI is InChI=1S/C19H24F3N3O/c1-26-17-4-2-15(3-5-17)12-16-6-9-24(10-7-16)13-18-23-8-11-25(18)14-19(20,21)22/h2-5,8,11,16H,6-7,9-10,12-14H2,1H3. The summed E-state index contributed by atoms with van der Waals surface area (Å²) >= 11 is 0. The van der Waals surface area contributed by atoms with E-state index in [1.165, 1.54) is 22.5 Å². The Bertz CT molecular complexity index is 689. The van der Waals surface area contributed by atoms with Crippen LogP contribution in [0, 0.1) is 5.92 Å². The quantitative estimate of drug-likeness (QED) is 0.776. The molecule has 1 aromatic carbocycles. The van der Waals surface area contributed by atoms with Crippen molar-refractivity contribution in [2.24, 2.45) is 5.92 Å². The molecule has 1 aliphatic heterocycles. The Kier molecular flexibility index (Phi) is 5.86. The summed E-state index contributed by atoms with van der Waals surface area (Å²) in [6, 6.07) is 8.15. The van der Waals surface area contributed by atoms with E-state index < -0.39 is 12.7 Å². The molecule has 1 aromatic heterocycles. The molecule has 0 radical (unpaired) electrons. The fourth-order valence-corrected chi connectivity index (χ4v) is 3.47. The van der Waals surface area contributed by atoms with E-state index in [-0.39, 0.29) is 0 Å². The highest BCUT2D eigenvalue weighted by atomic mass is 19.4. The molecule has 2 heterocycles. The molecular weight excluding hydrogens is 343 g/mol. The van der Waals surface area contributed by atoms with Crippen LogP contribution in [0.25, 0.3) is 0 Å². The van der Waals surface area contributed by atoms with Gasteiger partial charge in [0.15, 0.2) is 0 Å². The van der Waals surface area contributed by atoms with E-state index in [2.05, 4.69) is 22.0 Å². The topological polar surface area (TPSA) is 30.3 Å². The van der Waals surface area contributed by atoms with Crippen molar-refractivity contribution in [1.29, 1.82) is 0 Å². The second-order valence-corrected chi connectivity index (χ2v) is 6.86. The zero-order chi connectivity index (χ0) is 18.6. The van der Waals surface area contributed by atoms with Crippen LogP contribution in [0.1, 0.15) is 24.2 Å². The predicted octanol–water partition coefficient (Wildman–Crippen LogP) is 3.91. The SMILES string of the molecule is COc1ccc(CC2CCN(Cc3nccn3CC(F)(F)F)CC2)cc1. The van der Waals surface area contributed by atoms with Gasteiger partial charge in [-0.3, -0.25) is 4.90 Å². The van der Waals surface area contributed by atoms with Gasteiger partial charge in [-0.25, -0.2) is 4.98 Å². The minimum absolute atomic E-state index is 0.471. The number of alkyl halides is 3. The molecule has 26 heavy (non-hydrogen) atoms. The Labute approximate surface area is 151 Å². The van der Waals surface area contributed by atoms with Crippen LogP contribution in [0.4, 0.5) is 13.2 Å². The summed E-state index contributed by atoms with van der Waals surface area (Å²) in [4.78, 5) is 6.30. The zero-order valence-corrected chi connectivity index (χ0v) is 14.9. The molecule has 0 spiro atoms. The van der Waals surface area contributed by atoms with E-state index in [9.17, 15) is 13.2 Å². The lowest BCUT2D eigenvalue weighted by atomic mass is 9.90. The lowest BCUT2D eigenvalue weighted by molar-refractivity contribution is -0.141. The first-order valence-corrected chi connectivity index (χ1v) is 8.85. The van der Waals surface area contributed by atoms with Gasteiger partial charge in [0.1, 0.15) is 18.1 Å². The first-order chi connectivity index (χ1) is 12.4. The number of benzene rings is 1. The minimum Gasteiger partial charge on any atom is -0.497 e. The fourth-order valence-electron chi connectivity index (χ4n) is 3.47. The number of piperidine rings is 1. The number of halogens is 3. The number of likely N-dealkylation sites (tertiary alicyclic amines) is 1. The van der Waals surface area contributed by atoms with Gasteiger partial charge in [0.2, 0.25) is 0 Å². The van der Waals surface area contributed by atoms with Crippen molar-refractivity contribution in [3.63, 3.8) is 0 Å². The first kappa shape index (κ1) is 18.8. The van der Waals surface area contributed by atoms with Gasteiger partial charge < -0.3 is 9.30 Å². The summed E-state index contributed by atoms with van der Waals surface area (Å²) in [7, 11) is 1.66. The molecule has 0 N–H and O–H groups in total. The number of imidazole rings is 1. The van der Waals surface area contributed by atoms with Gasteiger partial charge in [-0.05, 0) is 56.0 Å². The van der Waals surface area contributed by atoms with Crippen molar-refractivity contribution in [2.75, 3.05) is 20.2 Å². The van der Waals surface area contributed by atoms with Gasteiger partial charge in [0.25, 0.3) is 0 Å². The van der Waals surface area contributed by atoms with Gasteiger partial charge in [-0.1, -0.05) is 12.1 Å². The molecule has 0 amide bonds. The van der Waals surface area contributed by atoms with Crippen LogP contribution in [0.2, 0.25) is 0 Å². The van der Waals surface area contributed by atoms with Crippen LogP contribution in [0.15, 0.2) is 36.7 Å². The molecule has 1 fully saturated rings. The third-order valence-electron chi connectivity index (χ3n) is 4.91. The van der Waals surface area contributed by atoms with Gasteiger partial charge in [0, 0.05) is 12.4 Å². The smallest absolute Gasteiger partial charge is 0.406 e. The predicted molar refractivity (Wildman–Crippen MR) is 93.0 cm³/mol. The molecule has 1 aliphatic rings. The largest absolute Gasteiger partial charge is 0.497 e. The number of aromatic nitrogens is 2. The van der Waals surface area contributed by atoms with Crippen LogP contribution in [0.5, 0.6) is 5.75 Å². The van der Waals surface area contributed by atoms with E-state index in [0.717, 1.165) is 38.1 Å². The van der Waals surface area contributed by atoms with Gasteiger partial charge in [0.05, 0.1) is 13.7 Å². The molecule has 0 bridgehead atoms. The summed E-state index contributed by atoms with van der Waals surface area (Å²) < 4.78 is 44.2. The van der Waals surface area contributed by atoms with Crippen molar-refractivity contribution in [3.8, 4) is 5.75 Å². The van der Waals surface area contributed by atoms with Crippen molar-refractivity contribution in [2.45, 2.75) is 38.5 Å². The zero-order valence-electron chi connectivity index (χ0n) is 14.9. The van der Waals surface area contributed by atoms with E-state index in [0.29, 0.717) is 18.3 Å². The lowest BCUT2D eigenvalue weighted by Crippen LogP contribution is -2.35. The molecule has 2 aromatic rings. The van der Waals surface area contributed by atoms with Crippen LogP contribution >= 0.6 is 0 Å². The highest BCUT2D eigenvalue weighted by molar-refractivity contribution is 5.27. The molecular formula is C19H24F3N3O. The first-order valence-electron chi connectivity index (χ1n) is 8.85. The van der Waals surface area contributed by atoms with E-state index in [4.69, 9.17) is 4.74 Å². The molecule has 142 valence electrons. The summed E-state index contributed by atoms with van der Waals surface area (Å²) in [5, 5.41) is 0. The second-order valence-electron chi connectivity index (χ2n) is 6.86. The van der Waals surface area contributed by atoms with Crippen LogP contribution < -0.4 is 4.74 Å². The minimum atomic E-state index is -4.22. The lowest BCUT2D eigenvalue weighted by Gasteiger charge is -2.32. The van der Waals surface area contributed by atoms with Crippen LogP contribution in [-0.4, -0.2) is 40.8 Å². The highest BCUT2D eigenvalue weighted by Crippen LogP contribution is 2.24. The van der Waals surface area contributed by atoms with Crippen molar-refractivity contribution in [1.82, 2.24) is 14.5 Å². The Morgan fingerprint density at radius 1 is 1.15 bits per heavy atom. The molecule has 7 heteroatoms. The maximum Gasteiger partial charge on any atom is 0.406 e. The average Bonchev–Trinajstić information content (AvgIpc) is 3.02. The average molecular weight is 367 g/mol. The summed E-state index contributed by atoms with van der Waals surface area (Å²) in [6.45, 7) is 1.27. The Morgan fingerprint density at radius 3 is 2.46 bits per heavy atom. The van der Waals surface area contributed by atoms with E-state index >= 15 is 0 Å². The molecule has 0 atom stereocenters. The molecule has 0 saturated carbocycles. The summed E-state index contributed by atoms with van der Waals surface area (Å²) in [6.07, 6.45) is 1.75. The number of nitrogens with zero attached hydrogens (tertiary/aromatic N) is 3. The number of ether oxygens (including phenoxy) is 1. The van der Waals surface area contributed by atoms with Crippen LogP contribution in [0.3, 0.4) is 0 Å². The van der Waals surface area contributed by atoms with Gasteiger partial charge in [-0.15, -0.1) is 0 Å². The normalized spacial score (nSPS) is 16.8. The van der Waals surface area contributed by atoms with E-state index in [1.54, 1.807) is 7.11 Å². The fraction of sp³-hybridized carbons (Fsp3) is 0.526. The maximum atomic E-state index is 12.6. The molecule has 4 nitrogen and oxygen atoms in total. The van der Waals surface area contributed by atoms with Gasteiger partial charge in [-0.2, -0.15) is 13.2 Å². The third kappa shape index (κ3) is 5.24. The number of methoxy groups -OCH3 is 1. The number of hydrogen-bond donors (Lipinski definition) is 0. The maximum absolute atomic E-state index is 12.6. The monoisotopic (exact) mass is 367 g/mol. The number of rotatable bonds is 6. The van der Waals surface area contributed by atoms with Crippen molar-refractivity contribution >= 4 is 0 Å². The molecule has 0 unspecified atom stereocenters. The van der Waals surface area contributed by atoms with Crippen molar-refractivity contribution < 1.29 is 17.9 Å². The van der Waals surface area contributed by atoms with Gasteiger partial charge >= 0.3 is 6.18 Å². The van der Waals surface area contributed by atoms with Crippen molar-refractivity contribution in [3.05, 3.63) is 48.0 Å². The third-order valence-corrected chi connectivity index (χ3v) is 4.91. The summed E-state index contributed by atoms with van der Waals surface area (Å²) in [5.74, 6) is 1.95. The second kappa shape index (κ2) is 8.12. The Morgan fingerprint density at radius 2 is 1.85 bits per heavy atom. The molecule has 1 saturated heterocycles. The highest BCUT2D eigenvalue weighted by Gasteiger charge is 2.29.